The molecule has 1 N–H and O–H groups in total. The van der Waals surface area contributed by atoms with E-state index in [0.29, 0.717) is 11.1 Å². The summed E-state index contributed by atoms with van der Waals surface area (Å²) >= 11 is 0. The molecule has 0 radical (unpaired) electrons. The standard InChI is InChI=1S/C16H14F2O3/c1-11(19)21-10-16(20,12-2-6-14(17)7-3-12)13-4-8-15(18)9-5-13/h2-9,20H,10H2,1H3. The normalized spacial score (nSPS) is 11.2. The average Bonchev–Trinajstić information content (AvgIpc) is 2.46. The molecule has 0 bridgehead atoms. The Morgan fingerprint density at radius 3 is 1.71 bits per heavy atom. The monoisotopic (exact) mass is 292 g/mol. The summed E-state index contributed by atoms with van der Waals surface area (Å²) in [5.41, 5.74) is -0.985. The molecule has 2 aromatic rings. The lowest BCUT2D eigenvalue weighted by atomic mass is 9.87. The quantitative estimate of drug-likeness (QED) is 0.881. The largest absolute Gasteiger partial charge is 0.462 e. The number of aliphatic hydroxyl groups is 1. The van der Waals surface area contributed by atoms with Crippen molar-refractivity contribution in [2.45, 2.75) is 12.5 Å². The molecule has 0 unspecified atom stereocenters. The Kier molecular flexibility index (Phi) is 4.33. The predicted molar refractivity (Wildman–Crippen MR) is 72.4 cm³/mol. The Balaban J connectivity index is 2.44. The van der Waals surface area contributed by atoms with Gasteiger partial charge in [-0.3, -0.25) is 4.79 Å². The van der Waals surface area contributed by atoms with E-state index in [1.54, 1.807) is 0 Å². The van der Waals surface area contributed by atoms with Gasteiger partial charge in [-0.2, -0.15) is 0 Å². The van der Waals surface area contributed by atoms with Gasteiger partial charge in [-0.05, 0) is 35.4 Å². The van der Waals surface area contributed by atoms with Crippen LogP contribution in [-0.4, -0.2) is 17.7 Å². The van der Waals surface area contributed by atoms with Crippen LogP contribution in [0.1, 0.15) is 18.1 Å². The van der Waals surface area contributed by atoms with Crippen molar-refractivity contribution in [2.24, 2.45) is 0 Å². The topological polar surface area (TPSA) is 46.5 Å². The maximum atomic E-state index is 13.0. The van der Waals surface area contributed by atoms with Crippen molar-refractivity contribution in [2.75, 3.05) is 6.61 Å². The third-order valence-corrected chi connectivity index (χ3v) is 3.13. The van der Waals surface area contributed by atoms with Gasteiger partial charge in [0.05, 0.1) is 0 Å². The first-order valence-electron chi connectivity index (χ1n) is 6.29. The summed E-state index contributed by atoms with van der Waals surface area (Å²) in [7, 11) is 0. The summed E-state index contributed by atoms with van der Waals surface area (Å²) in [5, 5.41) is 10.9. The zero-order valence-corrected chi connectivity index (χ0v) is 11.3. The van der Waals surface area contributed by atoms with Gasteiger partial charge >= 0.3 is 5.97 Å². The minimum Gasteiger partial charge on any atom is -0.462 e. The van der Waals surface area contributed by atoms with E-state index in [1.165, 1.54) is 55.5 Å². The fraction of sp³-hybridized carbons (Fsp3) is 0.188. The van der Waals surface area contributed by atoms with Gasteiger partial charge in [0.15, 0.2) is 0 Å². The molecule has 0 aliphatic carbocycles. The number of esters is 1. The molecule has 3 nitrogen and oxygen atoms in total. The van der Waals surface area contributed by atoms with Crippen molar-refractivity contribution < 1.29 is 23.4 Å². The molecule has 0 aliphatic heterocycles. The summed E-state index contributed by atoms with van der Waals surface area (Å²) < 4.78 is 31.0. The summed E-state index contributed by atoms with van der Waals surface area (Å²) in [4.78, 5) is 11.0. The Bertz CT molecular complexity index is 575. The minimum atomic E-state index is -1.67. The van der Waals surface area contributed by atoms with Crippen LogP contribution >= 0.6 is 0 Å². The Morgan fingerprint density at radius 2 is 1.38 bits per heavy atom. The van der Waals surface area contributed by atoms with Crippen LogP contribution in [0.4, 0.5) is 8.78 Å². The minimum absolute atomic E-state index is 0.344. The second-order valence-corrected chi connectivity index (χ2v) is 4.65. The predicted octanol–water partition coefficient (Wildman–Crippen LogP) is 2.76. The van der Waals surface area contributed by atoms with E-state index in [2.05, 4.69) is 0 Å². The lowest BCUT2D eigenvalue weighted by Crippen LogP contribution is -2.34. The molecule has 0 atom stereocenters. The highest BCUT2D eigenvalue weighted by Gasteiger charge is 2.33. The number of carbonyl (C=O) groups is 1. The van der Waals surface area contributed by atoms with Crippen molar-refractivity contribution in [1.82, 2.24) is 0 Å². The lowest BCUT2D eigenvalue weighted by Gasteiger charge is -2.28. The van der Waals surface area contributed by atoms with Gasteiger partial charge in [-0.1, -0.05) is 24.3 Å². The van der Waals surface area contributed by atoms with Gasteiger partial charge < -0.3 is 9.84 Å². The summed E-state index contributed by atoms with van der Waals surface area (Å²) in [6, 6.07) is 10.3. The van der Waals surface area contributed by atoms with Crippen LogP contribution in [0.25, 0.3) is 0 Å². The number of halogens is 2. The van der Waals surface area contributed by atoms with Gasteiger partial charge in [0.2, 0.25) is 0 Å². The van der Waals surface area contributed by atoms with Crippen molar-refractivity contribution in [3.05, 3.63) is 71.3 Å². The highest BCUT2D eigenvalue weighted by molar-refractivity contribution is 5.66. The van der Waals surface area contributed by atoms with Gasteiger partial charge in [-0.15, -0.1) is 0 Å². The van der Waals surface area contributed by atoms with Crippen LogP contribution < -0.4 is 0 Å². The molecule has 0 fully saturated rings. The second-order valence-electron chi connectivity index (χ2n) is 4.65. The van der Waals surface area contributed by atoms with E-state index < -0.39 is 23.2 Å². The molecule has 110 valence electrons. The average molecular weight is 292 g/mol. The molecule has 2 rings (SSSR count). The molecular weight excluding hydrogens is 278 g/mol. The second kappa shape index (κ2) is 6.01. The molecule has 5 heteroatoms. The van der Waals surface area contributed by atoms with E-state index in [4.69, 9.17) is 4.74 Å². The summed E-state index contributed by atoms with van der Waals surface area (Å²) in [6.45, 7) is 0.870. The van der Waals surface area contributed by atoms with Crippen molar-refractivity contribution in [3.8, 4) is 0 Å². The zero-order chi connectivity index (χ0) is 15.5. The molecule has 0 heterocycles. The molecule has 21 heavy (non-hydrogen) atoms. The fourth-order valence-electron chi connectivity index (χ4n) is 1.99. The number of benzene rings is 2. The number of ether oxygens (including phenoxy) is 1. The summed E-state index contributed by atoms with van der Waals surface area (Å²) in [5.74, 6) is -1.46. The maximum Gasteiger partial charge on any atom is 0.302 e. The van der Waals surface area contributed by atoms with E-state index in [0.717, 1.165) is 0 Å². The first-order valence-corrected chi connectivity index (χ1v) is 6.29. The highest BCUT2D eigenvalue weighted by Crippen LogP contribution is 2.30. The fourth-order valence-corrected chi connectivity index (χ4v) is 1.99. The van der Waals surface area contributed by atoms with E-state index >= 15 is 0 Å². The van der Waals surface area contributed by atoms with Crippen molar-refractivity contribution >= 4 is 5.97 Å². The third-order valence-electron chi connectivity index (χ3n) is 3.13. The number of hydrogen-bond acceptors (Lipinski definition) is 3. The lowest BCUT2D eigenvalue weighted by molar-refractivity contribution is -0.147. The highest BCUT2D eigenvalue weighted by atomic mass is 19.1. The molecule has 0 saturated carbocycles. The number of rotatable bonds is 4. The SMILES string of the molecule is CC(=O)OCC(O)(c1ccc(F)cc1)c1ccc(F)cc1. The molecule has 0 aromatic heterocycles. The maximum absolute atomic E-state index is 13.0. The third kappa shape index (κ3) is 3.44. The van der Waals surface area contributed by atoms with Crippen LogP contribution in [0.15, 0.2) is 48.5 Å². The molecule has 0 saturated heterocycles. The van der Waals surface area contributed by atoms with Crippen LogP contribution in [0, 0.1) is 11.6 Å². The Morgan fingerprint density at radius 1 is 1.00 bits per heavy atom. The van der Waals surface area contributed by atoms with Gasteiger partial charge in [-0.25, -0.2) is 8.78 Å². The van der Waals surface area contributed by atoms with E-state index in [9.17, 15) is 18.7 Å². The van der Waals surface area contributed by atoms with Gasteiger partial charge in [0, 0.05) is 6.92 Å². The Hall–Kier alpha value is -2.27. The number of hydrogen-bond donors (Lipinski definition) is 1. The zero-order valence-electron chi connectivity index (χ0n) is 11.3. The van der Waals surface area contributed by atoms with Crippen LogP contribution in [0.2, 0.25) is 0 Å². The smallest absolute Gasteiger partial charge is 0.302 e. The Labute approximate surface area is 120 Å². The van der Waals surface area contributed by atoms with Crippen molar-refractivity contribution in [1.29, 1.82) is 0 Å². The molecule has 0 amide bonds. The first kappa shape index (κ1) is 15.1. The van der Waals surface area contributed by atoms with Crippen molar-refractivity contribution in [3.63, 3.8) is 0 Å². The van der Waals surface area contributed by atoms with Gasteiger partial charge in [0.25, 0.3) is 0 Å². The molecular formula is C16H14F2O3. The van der Waals surface area contributed by atoms with Gasteiger partial charge in [0.1, 0.15) is 23.8 Å². The van der Waals surface area contributed by atoms with E-state index in [-0.39, 0.29) is 6.61 Å². The molecule has 0 spiro atoms. The van der Waals surface area contributed by atoms with Crippen LogP contribution in [-0.2, 0) is 15.1 Å². The summed E-state index contributed by atoms with van der Waals surface area (Å²) in [6.07, 6.45) is 0. The molecule has 2 aromatic carbocycles. The molecule has 0 aliphatic rings. The van der Waals surface area contributed by atoms with Crippen LogP contribution in [0.5, 0.6) is 0 Å². The number of carbonyl (C=O) groups excluding carboxylic acids is 1. The first-order chi connectivity index (χ1) is 9.91. The van der Waals surface area contributed by atoms with E-state index in [1.807, 2.05) is 0 Å². The van der Waals surface area contributed by atoms with Crippen LogP contribution in [0.3, 0.4) is 0 Å².